The lowest BCUT2D eigenvalue weighted by molar-refractivity contribution is 0.102. The first-order chi connectivity index (χ1) is 10.7. The molecule has 4 aromatic heterocycles. The van der Waals surface area contributed by atoms with E-state index in [1.165, 1.54) is 11.3 Å². The third-order valence-electron chi connectivity index (χ3n) is 3.05. The highest BCUT2D eigenvalue weighted by molar-refractivity contribution is 7.17. The van der Waals surface area contributed by atoms with Crippen molar-refractivity contribution in [2.45, 2.75) is 0 Å². The van der Waals surface area contributed by atoms with Crippen LogP contribution in [0.4, 0.5) is 5.82 Å². The molecule has 1 N–H and O–H groups in total. The number of carbonyl (C=O) groups excluding carboxylic acids is 1. The van der Waals surface area contributed by atoms with E-state index in [1.54, 1.807) is 40.6 Å². The first-order valence-electron chi connectivity index (χ1n) is 6.22. The van der Waals surface area contributed by atoms with Crippen LogP contribution in [0.15, 0.2) is 36.1 Å². The number of imidazole rings is 1. The molecule has 4 aromatic rings. The van der Waals surface area contributed by atoms with Gasteiger partial charge in [0.1, 0.15) is 0 Å². The zero-order valence-corrected chi connectivity index (χ0v) is 12.5. The van der Waals surface area contributed by atoms with Gasteiger partial charge in [-0.15, -0.1) is 11.3 Å². The number of fused-ring (bicyclic) bond motifs is 2. The lowest BCUT2D eigenvalue weighted by Gasteiger charge is -2.03. The highest BCUT2D eigenvalue weighted by atomic mass is 35.5. The summed E-state index contributed by atoms with van der Waals surface area (Å²) in [6, 6.07) is 3.58. The Morgan fingerprint density at radius 1 is 1.32 bits per heavy atom. The minimum absolute atomic E-state index is 0.108. The van der Waals surface area contributed by atoms with Gasteiger partial charge in [0.15, 0.2) is 11.5 Å². The predicted molar refractivity (Wildman–Crippen MR) is 83.4 cm³/mol. The van der Waals surface area contributed by atoms with Crippen LogP contribution in [0, 0.1) is 0 Å². The Labute approximate surface area is 132 Å². The van der Waals surface area contributed by atoms with Crippen molar-refractivity contribution in [1.82, 2.24) is 24.6 Å². The quantitative estimate of drug-likeness (QED) is 0.571. The third-order valence-corrected chi connectivity index (χ3v) is 4.14. The maximum Gasteiger partial charge on any atom is 0.259 e. The highest BCUT2D eigenvalue weighted by Crippen LogP contribution is 2.25. The van der Waals surface area contributed by atoms with Crippen molar-refractivity contribution < 1.29 is 4.79 Å². The van der Waals surface area contributed by atoms with Gasteiger partial charge in [0.2, 0.25) is 5.28 Å². The fraction of sp³-hybridized carbons (Fsp3) is 0. The minimum atomic E-state index is -0.298. The van der Waals surface area contributed by atoms with E-state index in [9.17, 15) is 4.79 Å². The minimum Gasteiger partial charge on any atom is -0.305 e. The molecule has 9 heteroatoms. The second kappa shape index (κ2) is 5.00. The molecular weight excluding hydrogens is 324 g/mol. The van der Waals surface area contributed by atoms with Crippen LogP contribution in [0.2, 0.25) is 5.28 Å². The maximum atomic E-state index is 12.5. The Hall–Kier alpha value is -2.58. The van der Waals surface area contributed by atoms with E-state index in [-0.39, 0.29) is 11.2 Å². The first kappa shape index (κ1) is 13.1. The number of rotatable bonds is 2. The smallest absolute Gasteiger partial charge is 0.259 e. The molecule has 0 bridgehead atoms. The Balaban J connectivity index is 1.73. The second-order valence-electron chi connectivity index (χ2n) is 4.39. The molecule has 0 aromatic carbocycles. The van der Waals surface area contributed by atoms with Gasteiger partial charge in [-0.25, -0.2) is 15.0 Å². The molecule has 0 aliphatic heterocycles. The van der Waals surface area contributed by atoms with Crippen LogP contribution in [0.1, 0.15) is 10.4 Å². The number of carbonyl (C=O) groups is 1. The molecule has 0 aliphatic rings. The summed E-state index contributed by atoms with van der Waals surface area (Å²) >= 11 is 7.18. The van der Waals surface area contributed by atoms with Gasteiger partial charge in [-0.05, 0) is 23.7 Å². The zero-order valence-electron chi connectivity index (χ0n) is 10.9. The van der Waals surface area contributed by atoms with E-state index >= 15 is 0 Å². The van der Waals surface area contributed by atoms with E-state index in [0.717, 1.165) is 4.70 Å². The topological polar surface area (TPSA) is 85.1 Å². The molecule has 1 amide bonds. The standard InChI is InChI=1S/C13H7ClN6OS/c14-13-16-4-8-11(19-13)7(6-22-8)12(21)18-10-5-15-9-2-1-3-17-20(9)10/h1-6H,(H,18,21). The molecule has 22 heavy (non-hydrogen) atoms. The molecule has 108 valence electrons. The summed E-state index contributed by atoms with van der Waals surface area (Å²) in [6.07, 6.45) is 4.77. The van der Waals surface area contributed by atoms with Crippen molar-refractivity contribution in [3.8, 4) is 0 Å². The first-order valence-corrected chi connectivity index (χ1v) is 7.48. The molecule has 0 spiro atoms. The molecule has 7 nitrogen and oxygen atoms in total. The van der Waals surface area contributed by atoms with Gasteiger partial charge in [-0.3, -0.25) is 4.79 Å². The molecule has 4 heterocycles. The summed E-state index contributed by atoms with van der Waals surface area (Å²) < 4.78 is 2.35. The van der Waals surface area contributed by atoms with Crippen LogP contribution in [-0.4, -0.2) is 30.5 Å². The number of thiophene rings is 1. The molecule has 0 atom stereocenters. The van der Waals surface area contributed by atoms with Gasteiger partial charge in [0.25, 0.3) is 5.91 Å². The molecular formula is C13H7ClN6OS. The molecule has 0 fully saturated rings. The van der Waals surface area contributed by atoms with E-state index in [4.69, 9.17) is 11.6 Å². The van der Waals surface area contributed by atoms with Crippen LogP contribution in [0.25, 0.3) is 15.9 Å². The van der Waals surface area contributed by atoms with E-state index in [2.05, 4.69) is 25.4 Å². The summed E-state index contributed by atoms with van der Waals surface area (Å²) in [7, 11) is 0. The van der Waals surface area contributed by atoms with Crippen molar-refractivity contribution >= 4 is 50.5 Å². The second-order valence-corrected chi connectivity index (χ2v) is 5.64. The Bertz CT molecular complexity index is 1010. The van der Waals surface area contributed by atoms with Crippen LogP contribution in [0.3, 0.4) is 0 Å². The number of hydrogen-bond acceptors (Lipinski definition) is 6. The fourth-order valence-corrected chi connectivity index (χ4v) is 3.04. The van der Waals surface area contributed by atoms with Gasteiger partial charge >= 0.3 is 0 Å². The van der Waals surface area contributed by atoms with Crippen molar-refractivity contribution in [3.63, 3.8) is 0 Å². The number of nitrogens with zero attached hydrogens (tertiary/aromatic N) is 5. The molecule has 0 unspecified atom stereocenters. The Kier molecular flexibility index (Phi) is 2.98. The van der Waals surface area contributed by atoms with Crippen LogP contribution in [-0.2, 0) is 0 Å². The van der Waals surface area contributed by atoms with Crippen molar-refractivity contribution in [1.29, 1.82) is 0 Å². The lowest BCUT2D eigenvalue weighted by Crippen LogP contribution is -2.13. The maximum absolute atomic E-state index is 12.5. The zero-order chi connectivity index (χ0) is 15.1. The number of aromatic nitrogens is 5. The number of hydrogen-bond donors (Lipinski definition) is 1. The normalized spacial score (nSPS) is 11.1. The molecule has 4 rings (SSSR count). The molecule has 0 saturated heterocycles. The molecule has 0 radical (unpaired) electrons. The molecule has 0 aliphatic carbocycles. The monoisotopic (exact) mass is 330 g/mol. The van der Waals surface area contributed by atoms with Gasteiger partial charge in [0, 0.05) is 17.8 Å². The highest BCUT2D eigenvalue weighted by Gasteiger charge is 2.16. The van der Waals surface area contributed by atoms with Gasteiger partial charge in [-0.2, -0.15) is 9.61 Å². The van der Waals surface area contributed by atoms with Gasteiger partial charge in [-0.1, -0.05) is 0 Å². The molecule has 0 saturated carbocycles. The van der Waals surface area contributed by atoms with Crippen LogP contribution < -0.4 is 5.32 Å². The van der Waals surface area contributed by atoms with Crippen molar-refractivity contribution in [3.05, 3.63) is 47.0 Å². The lowest BCUT2D eigenvalue weighted by atomic mass is 10.2. The van der Waals surface area contributed by atoms with Crippen molar-refractivity contribution in [2.75, 3.05) is 5.32 Å². The summed E-state index contributed by atoms with van der Waals surface area (Å²) in [5.74, 6) is 0.188. The number of anilines is 1. The fourth-order valence-electron chi connectivity index (χ4n) is 2.07. The SMILES string of the molecule is O=C(Nc1cnc2cccnn12)c1csc2cnc(Cl)nc12. The number of amides is 1. The average Bonchev–Trinajstić information content (AvgIpc) is 3.11. The Morgan fingerprint density at radius 3 is 3.14 bits per heavy atom. The Morgan fingerprint density at radius 2 is 2.23 bits per heavy atom. The predicted octanol–water partition coefficient (Wildman–Crippen LogP) is 2.64. The van der Waals surface area contributed by atoms with Gasteiger partial charge in [0.05, 0.1) is 22.0 Å². The van der Waals surface area contributed by atoms with E-state index in [1.807, 2.05) is 0 Å². The van der Waals surface area contributed by atoms with Crippen LogP contribution in [0.5, 0.6) is 0 Å². The van der Waals surface area contributed by atoms with E-state index < -0.39 is 0 Å². The van der Waals surface area contributed by atoms with Crippen LogP contribution >= 0.6 is 22.9 Å². The summed E-state index contributed by atoms with van der Waals surface area (Å²) in [5, 5.41) is 8.76. The average molecular weight is 331 g/mol. The van der Waals surface area contributed by atoms with E-state index in [0.29, 0.717) is 22.5 Å². The number of nitrogens with one attached hydrogen (secondary N) is 1. The largest absolute Gasteiger partial charge is 0.305 e. The van der Waals surface area contributed by atoms with Crippen molar-refractivity contribution in [2.24, 2.45) is 0 Å². The van der Waals surface area contributed by atoms with Gasteiger partial charge < -0.3 is 5.32 Å². The summed E-state index contributed by atoms with van der Waals surface area (Å²) in [4.78, 5) is 24.7. The third kappa shape index (κ3) is 2.09. The summed E-state index contributed by atoms with van der Waals surface area (Å²) in [6.45, 7) is 0. The summed E-state index contributed by atoms with van der Waals surface area (Å²) in [5.41, 5.74) is 1.62. The number of halogens is 1.